The van der Waals surface area contributed by atoms with E-state index in [1.54, 1.807) is 0 Å². The van der Waals surface area contributed by atoms with E-state index in [1.807, 2.05) is 36.4 Å². The Morgan fingerprint density at radius 1 is 0.810 bits per heavy atom. The maximum atomic E-state index is 5.86. The van der Waals surface area contributed by atoms with Crippen molar-refractivity contribution in [2.75, 3.05) is 6.61 Å². The van der Waals surface area contributed by atoms with Crippen LogP contribution in [0.25, 0.3) is 10.8 Å². The third-order valence-corrected chi connectivity index (χ3v) is 3.85. The first-order valence-electron chi connectivity index (χ1n) is 7.22. The van der Waals surface area contributed by atoms with Crippen molar-refractivity contribution in [1.82, 2.24) is 0 Å². The van der Waals surface area contributed by atoms with E-state index in [1.165, 1.54) is 16.3 Å². The predicted octanol–water partition coefficient (Wildman–Crippen LogP) is 4.36. The highest BCUT2D eigenvalue weighted by Gasteiger charge is 2.40. The van der Waals surface area contributed by atoms with Crippen LogP contribution in [0.5, 0.6) is 5.75 Å². The van der Waals surface area contributed by atoms with E-state index in [0.29, 0.717) is 6.61 Å². The molecule has 3 aromatic carbocycles. The van der Waals surface area contributed by atoms with E-state index in [-0.39, 0.29) is 12.2 Å². The molecule has 1 aliphatic heterocycles. The van der Waals surface area contributed by atoms with Crippen LogP contribution in [-0.4, -0.2) is 12.7 Å². The normalized spacial score (nSPS) is 20.4. The second-order valence-corrected chi connectivity index (χ2v) is 5.33. The number of fused-ring (bicyclic) bond motifs is 1. The summed E-state index contributed by atoms with van der Waals surface area (Å²) in [5, 5.41) is 2.43. The van der Waals surface area contributed by atoms with Gasteiger partial charge in [0.15, 0.2) is 0 Å². The van der Waals surface area contributed by atoms with E-state index >= 15 is 0 Å². The maximum Gasteiger partial charge on any atom is 0.123 e. The van der Waals surface area contributed by atoms with Crippen LogP contribution < -0.4 is 4.74 Å². The van der Waals surface area contributed by atoms with Crippen LogP contribution in [-0.2, 0) is 4.74 Å². The summed E-state index contributed by atoms with van der Waals surface area (Å²) in [6.45, 7) is 0.595. The minimum Gasteiger partial charge on any atom is -0.491 e. The molecule has 104 valence electrons. The van der Waals surface area contributed by atoms with E-state index in [2.05, 4.69) is 36.4 Å². The molecule has 2 nitrogen and oxygen atoms in total. The first kappa shape index (κ1) is 12.4. The lowest BCUT2D eigenvalue weighted by Crippen LogP contribution is -2.05. The van der Waals surface area contributed by atoms with Crippen LogP contribution in [0.1, 0.15) is 11.7 Å². The van der Waals surface area contributed by atoms with Gasteiger partial charge in [-0.05, 0) is 28.5 Å². The fourth-order valence-corrected chi connectivity index (χ4v) is 2.64. The van der Waals surface area contributed by atoms with Gasteiger partial charge in [0.25, 0.3) is 0 Å². The predicted molar refractivity (Wildman–Crippen MR) is 83.5 cm³/mol. The van der Waals surface area contributed by atoms with Crippen molar-refractivity contribution >= 4 is 10.8 Å². The van der Waals surface area contributed by atoms with Gasteiger partial charge in [0.1, 0.15) is 24.6 Å². The lowest BCUT2D eigenvalue weighted by molar-refractivity contribution is 0.260. The standard InChI is InChI=1S/C19H16O2/c1-2-7-15(8-3-1)19-18(21-19)13-20-17-11-10-14-6-4-5-9-16(14)12-17/h1-12,18-19H,13H2/t18-,19-/m1/s1. The van der Waals surface area contributed by atoms with Crippen LogP contribution in [0.3, 0.4) is 0 Å². The minimum atomic E-state index is 0.166. The molecule has 1 saturated heterocycles. The average molecular weight is 276 g/mol. The van der Waals surface area contributed by atoms with Gasteiger partial charge in [-0.2, -0.15) is 0 Å². The van der Waals surface area contributed by atoms with Crippen molar-refractivity contribution in [3.8, 4) is 5.75 Å². The minimum absolute atomic E-state index is 0.166. The van der Waals surface area contributed by atoms with Gasteiger partial charge in [0, 0.05) is 0 Å². The first-order valence-corrected chi connectivity index (χ1v) is 7.22. The maximum absolute atomic E-state index is 5.86. The van der Waals surface area contributed by atoms with Crippen molar-refractivity contribution < 1.29 is 9.47 Å². The Balaban J connectivity index is 1.41. The van der Waals surface area contributed by atoms with Gasteiger partial charge in [-0.1, -0.05) is 60.7 Å². The van der Waals surface area contributed by atoms with Gasteiger partial charge in [0.05, 0.1) is 0 Å². The van der Waals surface area contributed by atoms with E-state index in [0.717, 1.165) is 5.75 Å². The van der Waals surface area contributed by atoms with Crippen LogP contribution in [0.4, 0.5) is 0 Å². The molecule has 1 aliphatic rings. The van der Waals surface area contributed by atoms with Gasteiger partial charge < -0.3 is 9.47 Å². The summed E-state index contributed by atoms with van der Waals surface area (Å²) in [6, 6.07) is 24.8. The number of benzene rings is 3. The highest BCUT2D eigenvalue weighted by Crippen LogP contribution is 2.38. The quantitative estimate of drug-likeness (QED) is 0.660. The van der Waals surface area contributed by atoms with Crippen molar-refractivity contribution in [2.45, 2.75) is 12.2 Å². The molecule has 0 radical (unpaired) electrons. The summed E-state index contributed by atoms with van der Waals surface area (Å²) in [5.74, 6) is 0.899. The van der Waals surface area contributed by atoms with Crippen molar-refractivity contribution in [2.24, 2.45) is 0 Å². The van der Waals surface area contributed by atoms with Crippen LogP contribution in [0.2, 0.25) is 0 Å². The molecule has 4 rings (SSSR count). The third kappa shape index (κ3) is 2.63. The summed E-state index contributed by atoms with van der Waals surface area (Å²) in [7, 11) is 0. The van der Waals surface area contributed by atoms with Crippen LogP contribution in [0, 0.1) is 0 Å². The summed E-state index contributed by atoms with van der Waals surface area (Å²) >= 11 is 0. The number of ether oxygens (including phenoxy) is 2. The van der Waals surface area contributed by atoms with E-state index in [4.69, 9.17) is 9.47 Å². The molecule has 1 fully saturated rings. The van der Waals surface area contributed by atoms with Crippen LogP contribution in [0.15, 0.2) is 72.8 Å². The fourth-order valence-electron chi connectivity index (χ4n) is 2.64. The smallest absolute Gasteiger partial charge is 0.123 e. The number of hydrogen-bond acceptors (Lipinski definition) is 2. The molecule has 0 spiro atoms. The molecule has 0 unspecified atom stereocenters. The summed E-state index contributed by atoms with van der Waals surface area (Å²) in [5.41, 5.74) is 1.23. The molecule has 0 bridgehead atoms. The third-order valence-electron chi connectivity index (χ3n) is 3.85. The average Bonchev–Trinajstić information content (AvgIpc) is 3.33. The molecule has 0 aromatic heterocycles. The largest absolute Gasteiger partial charge is 0.491 e. The number of epoxide rings is 1. The Hall–Kier alpha value is -2.32. The van der Waals surface area contributed by atoms with Crippen molar-refractivity contribution in [3.63, 3.8) is 0 Å². The zero-order chi connectivity index (χ0) is 14.1. The van der Waals surface area contributed by atoms with Gasteiger partial charge in [0.2, 0.25) is 0 Å². The second kappa shape index (κ2) is 5.23. The lowest BCUT2D eigenvalue weighted by Gasteiger charge is -2.05. The van der Waals surface area contributed by atoms with Gasteiger partial charge in [-0.15, -0.1) is 0 Å². The molecule has 0 N–H and O–H groups in total. The van der Waals surface area contributed by atoms with Crippen LogP contribution >= 0.6 is 0 Å². The molecule has 0 aliphatic carbocycles. The topological polar surface area (TPSA) is 21.8 Å². The Morgan fingerprint density at radius 2 is 1.57 bits per heavy atom. The molecular formula is C19H16O2. The molecule has 1 heterocycles. The highest BCUT2D eigenvalue weighted by molar-refractivity contribution is 5.83. The molecule has 2 atom stereocenters. The molecular weight excluding hydrogens is 260 g/mol. The van der Waals surface area contributed by atoms with Crippen molar-refractivity contribution in [3.05, 3.63) is 78.4 Å². The van der Waals surface area contributed by atoms with Gasteiger partial charge >= 0.3 is 0 Å². The molecule has 3 aromatic rings. The van der Waals surface area contributed by atoms with E-state index in [9.17, 15) is 0 Å². The Morgan fingerprint density at radius 3 is 2.43 bits per heavy atom. The molecule has 2 heteroatoms. The summed E-state index contributed by atoms with van der Waals surface area (Å²) in [4.78, 5) is 0. The monoisotopic (exact) mass is 276 g/mol. The summed E-state index contributed by atoms with van der Waals surface area (Å²) < 4.78 is 11.6. The Kier molecular flexibility index (Phi) is 3.09. The van der Waals surface area contributed by atoms with Gasteiger partial charge in [-0.25, -0.2) is 0 Å². The van der Waals surface area contributed by atoms with E-state index < -0.39 is 0 Å². The zero-order valence-electron chi connectivity index (χ0n) is 11.6. The molecule has 0 amide bonds. The number of hydrogen-bond donors (Lipinski definition) is 0. The SMILES string of the molecule is c1ccc([C@H]2O[C@@H]2COc2ccc3ccccc3c2)cc1. The highest BCUT2D eigenvalue weighted by atomic mass is 16.6. The Labute approximate surface area is 123 Å². The molecule has 0 saturated carbocycles. The van der Waals surface area contributed by atoms with Crippen molar-refractivity contribution in [1.29, 1.82) is 0 Å². The lowest BCUT2D eigenvalue weighted by atomic mass is 10.1. The number of rotatable bonds is 4. The fraction of sp³-hybridized carbons (Fsp3) is 0.158. The Bertz CT molecular complexity index is 752. The summed E-state index contributed by atoms with van der Waals surface area (Å²) in [6.07, 6.45) is 0.352. The second-order valence-electron chi connectivity index (χ2n) is 5.33. The first-order chi connectivity index (χ1) is 10.4. The zero-order valence-corrected chi connectivity index (χ0v) is 11.6. The molecule has 21 heavy (non-hydrogen) atoms. The van der Waals surface area contributed by atoms with Gasteiger partial charge in [-0.3, -0.25) is 0 Å².